The molecule has 2 aliphatic rings. The molecule has 12 heteroatoms. The first-order valence-corrected chi connectivity index (χ1v) is 15.1. The van der Waals surface area contributed by atoms with Crippen molar-refractivity contribution in [1.29, 1.82) is 0 Å². The first-order chi connectivity index (χ1) is 17.6. The van der Waals surface area contributed by atoms with Crippen molar-refractivity contribution < 1.29 is 32.3 Å². The molecule has 1 fully saturated rings. The number of benzene rings is 1. The summed E-state index contributed by atoms with van der Waals surface area (Å²) in [6.45, 7) is 4.04. The van der Waals surface area contributed by atoms with Crippen LogP contribution in [-0.2, 0) is 14.6 Å². The van der Waals surface area contributed by atoms with E-state index in [0.29, 0.717) is 28.7 Å². The maximum absolute atomic E-state index is 13.6. The molecule has 3 amide bonds. The number of hydrogen-bond donors (Lipinski definition) is 1. The van der Waals surface area contributed by atoms with Crippen LogP contribution in [0.5, 0.6) is 11.5 Å². The van der Waals surface area contributed by atoms with Crippen molar-refractivity contribution in [2.45, 2.75) is 32.2 Å². The molecule has 0 spiro atoms. The number of amides is 3. The normalized spacial score (nSPS) is 17.0. The number of nitrogens with zero attached hydrogens (tertiary/aromatic N) is 2. The third-order valence-corrected chi connectivity index (χ3v) is 8.20. The Hall–Kier alpha value is -2.96. The molecular formula is C25H31N3O7S2. The van der Waals surface area contributed by atoms with Gasteiger partial charge in [-0.1, -0.05) is 12.5 Å². The van der Waals surface area contributed by atoms with E-state index in [9.17, 15) is 22.8 Å². The van der Waals surface area contributed by atoms with Gasteiger partial charge in [-0.25, -0.2) is 8.42 Å². The largest absolute Gasteiger partial charge is 0.493 e. The maximum atomic E-state index is 13.6. The van der Waals surface area contributed by atoms with Gasteiger partial charge in [-0.05, 0) is 50.6 Å². The number of hydrogen-bond acceptors (Lipinski definition) is 9. The lowest BCUT2D eigenvalue weighted by Gasteiger charge is -2.27. The summed E-state index contributed by atoms with van der Waals surface area (Å²) >= 11 is 1.11. The van der Waals surface area contributed by atoms with Gasteiger partial charge in [0.25, 0.3) is 11.8 Å². The van der Waals surface area contributed by atoms with E-state index < -0.39 is 33.4 Å². The van der Waals surface area contributed by atoms with Crippen LogP contribution in [0.2, 0.25) is 0 Å². The summed E-state index contributed by atoms with van der Waals surface area (Å²) < 4.78 is 35.7. The van der Waals surface area contributed by atoms with Crippen LogP contribution in [0.4, 0.5) is 5.00 Å². The molecule has 0 radical (unpaired) electrons. The van der Waals surface area contributed by atoms with Crippen molar-refractivity contribution in [3.63, 3.8) is 0 Å². The van der Waals surface area contributed by atoms with Gasteiger partial charge in [0.05, 0.1) is 43.2 Å². The zero-order valence-electron chi connectivity index (χ0n) is 21.1. The van der Waals surface area contributed by atoms with E-state index in [1.807, 2.05) is 0 Å². The molecular weight excluding hydrogens is 518 g/mol. The quantitative estimate of drug-likeness (QED) is 0.449. The van der Waals surface area contributed by atoms with E-state index in [-0.39, 0.29) is 23.6 Å². The van der Waals surface area contributed by atoms with Gasteiger partial charge in [0.1, 0.15) is 14.8 Å². The first-order valence-electron chi connectivity index (χ1n) is 12.1. The van der Waals surface area contributed by atoms with E-state index in [2.05, 4.69) is 10.2 Å². The molecule has 200 valence electrons. The number of thiophene rings is 1. The second kappa shape index (κ2) is 11.2. The number of carbonyl (C=O) groups excluding carboxylic acids is 3. The second-order valence-corrected chi connectivity index (χ2v) is 12.2. The van der Waals surface area contributed by atoms with Crippen LogP contribution < -0.4 is 14.8 Å². The lowest BCUT2D eigenvalue weighted by molar-refractivity contribution is -0.117. The molecule has 1 aromatic carbocycles. The van der Waals surface area contributed by atoms with Crippen molar-refractivity contribution in [3.05, 3.63) is 40.3 Å². The number of rotatable bonds is 10. The van der Waals surface area contributed by atoms with Crippen LogP contribution in [0.3, 0.4) is 0 Å². The molecule has 4 rings (SSSR count). The Kier molecular flexibility index (Phi) is 8.20. The Bertz CT molecular complexity index is 1300. The number of ether oxygens (including phenoxy) is 2. The van der Waals surface area contributed by atoms with Gasteiger partial charge in [0, 0.05) is 11.6 Å². The van der Waals surface area contributed by atoms with Crippen LogP contribution in [-0.4, -0.2) is 81.3 Å². The highest BCUT2D eigenvalue weighted by Crippen LogP contribution is 2.41. The lowest BCUT2D eigenvalue weighted by Crippen LogP contribution is -2.38. The number of sulfone groups is 1. The molecule has 2 aromatic rings. The number of anilines is 1. The second-order valence-electron chi connectivity index (χ2n) is 9.17. The van der Waals surface area contributed by atoms with Gasteiger partial charge in [-0.2, -0.15) is 0 Å². The standard InChI is InChI=1S/C25H31N3O7S2/c1-4-35-20-12-16(8-9-19(20)34-2)18(15-37(3,32)33)28-24(30)17-14-36-23(22(17)25(28)31)26-21(29)13-27-10-6-5-7-11-27/h8-9,12,14,18H,4-7,10-11,13,15H2,1-3H3,(H,26,29). The summed E-state index contributed by atoms with van der Waals surface area (Å²) in [4.78, 5) is 42.7. The minimum absolute atomic E-state index is 0.0963. The highest BCUT2D eigenvalue weighted by atomic mass is 32.2. The van der Waals surface area contributed by atoms with E-state index >= 15 is 0 Å². The van der Waals surface area contributed by atoms with Crippen LogP contribution in [0.15, 0.2) is 23.6 Å². The summed E-state index contributed by atoms with van der Waals surface area (Å²) in [5.74, 6) is -1.14. The fourth-order valence-electron chi connectivity index (χ4n) is 4.71. The van der Waals surface area contributed by atoms with Crippen LogP contribution in [0.25, 0.3) is 0 Å². The maximum Gasteiger partial charge on any atom is 0.265 e. The van der Waals surface area contributed by atoms with Gasteiger partial charge < -0.3 is 14.8 Å². The highest BCUT2D eigenvalue weighted by molar-refractivity contribution is 7.90. The SMILES string of the molecule is CCOc1cc(C(CS(C)(=O)=O)N2C(=O)c3csc(NC(=O)CN4CCCCC4)c3C2=O)ccc1OC. The Balaban J connectivity index is 1.63. The fourth-order valence-corrected chi connectivity index (χ4v) is 6.56. The van der Waals surface area contributed by atoms with Crippen LogP contribution in [0.1, 0.15) is 58.5 Å². The molecule has 1 aromatic heterocycles. The predicted molar refractivity (Wildman–Crippen MR) is 140 cm³/mol. The molecule has 0 saturated carbocycles. The van der Waals surface area contributed by atoms with Gasteiger partial charge in [-0.15, -0.1) is 11.3 Å². The van der Waals surface area contributed by atoms with E-state index in [1.54, 1.807) is 25.1 Å². The lowest BCUT2D eigenvalue weighted by atomic mass is 10.1. The molecule has 10 nitrogen and oxygen atoms in total. The Labute approximate surface area is 220 Å². The Morgan fingerprint density at radius 3 is 2.51 bits per heavy atom. The van der Waals surface area contributed by atoms with Gasteiger partial charge in [-0.3, -0.25) is 24.2 Å². The number of likely N-dealkylation sites (tertiary alicyclic amines) is 1. The molecule has 1 unspecified atom stereocenters. The molecule has 2 aliphatic heterocycles. The number of methoxy groups -OCH3 is 1. The third-order valence-electron chi connectivity index (χ3n) is 6.39. The number of imide groups is 1. The smallest absolute Gasteiger partial charge is 0.265 e. The highest BCUT2D eigenvalue weighted by Gasteiger charge is 2.44. The number of fused-ring (bicyclic) bond motifs is 1. The molecule has 0 bridgehead atoms. The number of piperidine rings is 1. The fraction of sp³-hybridized carbons (Fsp3) is 0.480. The van der Waals surface area contributed by atoms with Crippen molar-refractivity contribution >= 4 is 43.9 Å². The van der Waals surface area contributed by atoms with Gasteiger partial charge in [0.2, 0.25) is 5.91 Å². The summed E-state index contributed by atoms with van der Waals surface area (Å²) in [6, 6.07) is 3.73. The van der Waals surface area contributed by atoms with Crippen molar-refractivity contribution in [2.24, 2.45) is 0 Å². The number of nitrogens with one attached hydrogen (secondary N) is 1. The first kappa shape index (κ1) is 27.1. The average molecular weight is 550 g/mol. The third kappa shape index (κ3) is 5.97. The molecule has 3 heterocycles. The van der Waals surface area contributed by atoms with Gasteiger partial charge >= 0.3 is 0 Å². The van der Waals surface area contributed by atoms with Crippen LogP contribution in [0, 0.1) is 0 Å². The van der Waals surface area contributed by atoms with Gasteiger partial charge in [0.15, 0.2) is 11.5 Å². The average Bonchev–Trinajstić information content (AvgIpc) is 3.37. The van der Waals surface area contributed by atoms with Crippen molar-refractivity contribution in [1.82, 2.24) is 9.80 Å². The molecule has 1 atom stereocenters. The Morgan fingerprint density at radius 2 is 1.86 bits per heavy atom. The summed E-state index contributed by atoms with van der Waals surface area (Å²) in [7, 11) is -2.12. The molecule has 0 aliphatic carbocycles. The molecule has 37 heavy (non-hydrogen) atoms. The van der Waals surface area contributed by atoms with E-state index in [1.165, 1.54) is 12.5 Å². The zero-order chi connectivity index (χ0) is 26.7. The van der Waals surface area contributed by atoms with E-state index in [4.69, 9.17) is 9.47 Å². The summed E-state index contributed by atoms with van der Waals surface area (Å²) in [5, 5.41) is 4.62. The molecule has 1 N–H and O–H groups in total. The Morgan fingerprint density at radius 1 is 1.14 bits per heavy atom. The number of carbonyl (C=O) groups is 3. The zero-order valence-corrected chi connectivity index (χ0v) is 22.7. The minimum Gasteiger partial charge on any atom is -0.493 e. The topological polar surface area (TPSA) is 122 Å². The van der Waals surface area contributed by atoms with E-state index in [0.717, 1.165) is 54.8 Å². The summed E-state index contributed by atoms with van der Waals surface area (Å²) in [6.07, 6.45) is 4.29. The predicted octanol–water partition coefficient (Wildman–Crippen LogP) is 2.96. The van der Waals surface area contributed by atoms with Crippen LogP contribution >= 0.6 is 11.3 Å². The molecule has 1 saturated heterocycles. The summed E-state index contributed by atoms with van der Waals surface area (Å²) in [5.41, 5.74) is 0.667. The monoisotopic (exact) mass is 549 g/mol. The van der Waals surface area contributed by atoms with Crippen molar-refractivity contribution in [2.75, 3.05) is 50.7 Å². The minimum atomic E-state index is -3.60. The van der Waals surface area contributed by atoms with Crippen molar-refractivity contribution in [3.8, 4) is 11.5 Å².